The Morgan fingerprint density at radius 1 is 1.16 bits per heavy atom. The van der Waals surface area contributed by atoms with Gasteiger partial charge in [-0.25, -0.2) is 0 Å². The molecule has 1 saturated heterocycles. The molecule has 6 nitrogen and oxygen atoms in total. The highest BCUT2D eigenvalue weighted by Crippen LogP contribution is 2.36. The highest BCUT2D eigenvalue weighted by Gasteiger charge is 2.38. The monoisotopic (exact) mass is 423 g/mol. The average Bonchev–Trinajstić information content (AvgIpc) is 2.80. The molecular formula is C25H33N3O3. The van der Waals surface area contributed by atoms with E-state index in [-0.39, 0.29) is 23.8 Å². The van der Waals surface area contributed by atoms with E-state index in [9.17, 15) is 9.59 Å². The highest BCUT2D eigenvalue weighted by molar-refractivity contribution is 5.84. The van der Waals surface area contributed by atoms with Gasteiger partial charge >= 0.3 is 0 Å². The third-order valence-corrected chi connectivity index (χ3v) is 6.08. The second-order valence-electron chi connectivity index (χ2n) is 8.01. The number of nitrogens with zero attached hydrogens (tertiary/aromatic N) is 2. The average molecular weight is 424 g/mol. The zero-order chi connectivity index (χ0) is 22.2. The first-order chi connectivity index (χ1) is 15.0. The van der Waals surface area contributed by atoms with E-state index in [0.29, 0.717) is 19.4 Å². The molecule has 0 unspecified atom stereocenters. The van der Waals surface area contributed by atoms with Crippen molar-refractivity contribution < 1.29 is 14.3 Å². The van der Waals surface area contributed by atoms with Crippen LogP contribution in [0.3, 0.4) is 0 Å². The number of hydrogen-bond donors (Lipinski definition) is 1. The number of benzene rings is 2. The summed E-state index contributed by atoms with van der Waals surface area (Å²) in [7, 11) is 3.41. The molecule has 2 aromatic carbocycles. The number of amides is 2. The molecule has 0 spiro atoms. The lowest BCUT2D eigenvalue weighted by Crippen LogP contribution is -2.47. The topological polar surface area (TPSA) is 61.9 Å². The molecule has 2 atom stereocenters. The van der Waals surface area contributed by atoms with Crippen LogP contribution in [0.4, 0.5) is 0 Å². The van der Waals surface area contributed by atoms with Gasteiger partial charge in [0.05, 0.1) is 19.1 Å². The summed E-state index contributed by atoms with van der Waals surface area (Å²) in [6.45, 7) is 5.28. The van der Waals surface area contributed by atoms with Crippen LogP contribution in [0.5, 0.6) is 5.75 Å². The number of ether oxygens (including phenoxy) is 1. The van der Waals surface area contributed by atoms with Crippen LogP contribution in [0, 0.1) is 5.92 Å². The largest absolute Gasteiger partial charge is 0.497 e. The first kappa shape index (κ1) is 22.8. The predicted molar refractivity (Wildman–Crippen MR) is 122 cm³/mol. The van der Waals surface area contributed by atoms with E-state index in [0.717, 1.165) is 30.9 Å². The molecule has 0 saturated carbocycles. The zero-order valence-corrected chi connectivity index (χ0v) is 18.7. The summed E-state index contributed by atoms with van der Waals surface area (Å²) in [6.07, 6.45) is 0.962. The molecule has 1 aliphatic heterocycles. The number of nitrogens with one attached hydrogen (secondary N) is 1. The van der Waals surface area contributed by atoms with E-state index in [2.05, 4.69) is 29.3 Å². The molecule has 1 aliphatic rings. The quantitative estimate of drug-likeness (QED) is 0.673. The lowest BCUT2D eigenvalue weighted by atomic mass is 9.84. The number of carbonyl (C=O) groups is 2. The molecule has 2 amide bonds. The van der Waals surface area contributed by atoms with Crippen molar-refractivity contribution >= 4 is 11.8 Å². The Balaban J connectivity index is 1.61. The van der Waals surface area contributed by atoms with E-state index >= 15 is 0 Å². The van der Waals surface area contributed by atoms with E-state index in [4.69, 9.17) is 4.74 Å². The van der Waals surface area contributed by atoms with Crippen LogP contribution in [0.2, 0.25) is 0 Å². The van der Waals surface area contributed by atoms with Gasteiger partial charge in [0.25, 0.3) is 0 Å². The molecule has 0 aromatic heterocycles. The molecule has 1 heterocycles. The van der Waals surface area contributed by atoms with Crippen LogP contribution in [0.25, 0.3) is 0 Å². The van der Waals surface area contributed by atoms with Gasteiger partial charge in [-0.1, -0.05) is 49.4 Å². The third kappa shape index (κ3) is 5.85. The summed E-state index contributed by atoms with van der Waals surface area (Å²) < 4.78 is 5.24. The summed E-state index contributed by atoms with van der Waals surface area (Å²) in [6, 6.07) is 17.7. The van der Waals surface area contributed by atoms with Crippen molar-refractivity contribution in [2.75, 3.05) is 33.8 Å². The fourth-order valence-corrected chi connectivity index (χ4v) is 4.23. The lowest BCUT2D eigenvalue weighted by molar-refractivity contribution is -0.141. The number of likely N-dealkylation sites (tertiary alicyclic amines) is 1. The van der Waals surface area contributed by atoms with Crippen LogP contribution < -0.4 is 10.1 Å². The van der Waals surface area contributed by atoms with Crippen molar-refractivity contribution in [3.05, 3.63) is 65.7 Å². The van der Waals surface area contributed by atoms with Gasteiger partial charge in [-0.05, 0) is 36.2 Å². The molecule has 3 rings (SSSR count). The summed E-state index contributed by atoms with van der Waals surface area (Å²) in [5, 5.41) is 3.12. The van der Waals surface area contributed by atoms with Crippen molar-refractivity contribution in [3.8, 4) is 5.75 Å². The van der Waals surface area contributed by atoms with Crippen molar-refractivity contribution in [1.29, 1.82) is 0 Å². The van der Waals surface area contributed by atoms with Gasteiger partial charge in [0.1, 0.15) is 5.75 Å². The first-order valence-electron chi connectivity index (χ1n) is 11.0. The second-order valence-corrected chi connectivity index (χ2v) is 8.01. The zero-order valence-electron chi connectivity index (χ0n) is 18.7. The first-order valence-corrected chi connectivity index (χ1v) is 11.0. The maximum absolute atomic E-state index is 13.1. The van der Waals surface area contributed by atoms with Crippen molar-refractivity contribution in [2.45, 2.75) is 32.4 Å². The smallest absolute Gasteiger partial charge is 0.225 e. The molecule has 0 aliphatic carbocycles. The molecule has 2 aromatic rings. The van der Waals surface area contributed by atoms with Crippen molar-refractivity contribution in [1.82, 2.24) is 15.1 Å². The molecule has 1 N–H and O–H groups in total. The summed E-state index contributed by atoms with van der Waals surface area (Å²) >= 11 is 0. The van der Waals surface area contributed by atoms with Crippen molar-refractivity contribution in [3.63, 3.8) is 0 Å². The standard InChI is InChI=1S/C25H33N3O3/c1-4-28(18-19-8-6-5-7-9-19)17-16-26-25(30)22-14-15-23(29)27(2)24(22)20-10-12-21(31-3)13-11-20/h5-13,22,24H,4,14-18H2,1-3H3,(H,26,30)/t22-,24+/m1/s1. The molecule has 0 bridgehead atoms. The van der Waals surface area contributed by atoms with Crippen molar-refractivity contribution in [2.24, 2.45) is 5.92 Å². The van der Waals surface area contributed by atoms with E-state index < -0.39 is 0 Å². The molecule has 0 radical (unpaired) electrons. The summed E-state index contributed by atoms with van der Waals surface area (Å²) in [5.74, 6) is 0.578. The Bertz CT molecular complexity index is 854. The van der Waals surface area contributed by atoms with E-state index in [1.165, 1.54) is 5.56 Å². The number of methoxy groups -OCH3 is 1. The Kier molecular flexibility index (Phi) is 8.06. The molecule has 31 heavy (non-hydrogen) atoms. The minimum absolute atomic E-state index is 0.0101. The third-order valence-electron chi connectivity index (χ3n) is 6.08. The number of rotatable bonds is 9. The van der Waals surface area contributed by atoms with E-state index in [1.54, 1.807) is 19.1 Å². The Morgan fingerprint density at radius 2 is 1.87 bits per heavy atom. The molecule has 1 fully saturated rings. The van der Waals surface area contributed by atoms with Crippen LogP contribution in [-0.4, -0.2) is 55.4 Å². The summed E-state index contributed by atoms with van der Waals surface area (Å²) in [5.41, 5.74) is 2.22. The minimum atomic E-state index is -0.265. The number of hydrogen-bond acceptors (Lipinski definition) is 4. The Hall–Kier alpha value is -2.86. The van der Waals surface area contributed by atoms with Gasteiger partial charge in [0.2, 0.25) is 11.8 Å². The summed E-state index contributed by atoms with van der Waals surface area (Å²) in [4.78, 5) is 29.5. The second kappa shape index (κ2) is 11.0. The molecular weight excluding hydrogens is 390 g/mol. The van der Waals surface area contributed by atoms with Crippen LogP contribution in [-0.2, 0) is 16.1 Å². The molecule has 166 valence electrons. The lowest BCUT2D eigenvalue weighted by Gasteiger charge is -2.38. The molecule has 6 heteroatoms. The van der Waals surface area contributed by atoms with Gasteiger partial charge < -0.3 is 15.0 Å². The normalized spacial score (nSPS) is 18.8. The fourth-order valence-electron chi connectivity index (χ4n) is 4.23. The van der Waals surface area contributed by atoms with Crippen LogP contribution in [0.15, 0.2) is 54.6 Å². The Morgan fingerprint density at radius 3 is 2.52 bits per heavy atom. The van der Waals surface area contributed by atoms with Crippen LogP contribution >= 0.6 is 0 Å². The number of carbonyl (C=O) groups excluding carboxylic acids is 2. The van der Waals surface area contributed by atoms with Crippen LogP contribution in [0.1, 0.15) is 36.9 Å². The maximum Gasteiger partial charge on any atom is 0.225 e. The SMILES string of the molecule is CCN(CCNC(=O)[C@@H]1CCC(=O)N(C)[C@H]1c1ccc(OC)cc1)Cc1ccccc1. The minimum Gasteiger partial charge on any atom is -0.497 e. The fraction of sp³-hybridized carbons (Fsp3) is 0.440. The maximum atomic E-state index is 13.1. The van der Waals surface area contributed by atoms with Gasteiger partial charge in [-0.2, -0.15) is 0 Å². The Labute approximate surface area is 185 Å². The van der Waals surface area contributed by atoms with Gasteiger partial charge in [0.15, 0.2) is 0 Å². The van der Waals surface area contributed by atoms with E-state index in [1.807, 2.05) is 42.5 Å². The van der Waals surface area contributed by atoms with Gasteiger partial charge in [0, 0.05) is 33.1 Å². The van der Waals surface area contributed by atoms with Gasteiger partial charge in [-0.3, -0.25) is 14.5 Å². The number of likely N-dealkylation sites (N-methyl/N-ethyl adjacent to an activating group) is 1. The van der Waals surface area contributed by atoms with Gasteiger partial charge in [-0.15, -0.1) is 0 Å². The number of piperidine rings is 1. The predicted octanol–water partition coefficient (Wildman–Crippen LogP) is 3.24. The highest BCUT2D eigenvalue weighted by atomic mass is 16.5.